The summed E-state index contributed by atoms with van der Waals surface area (Å²) in [6.45, 7) is 5.12. The summed E-state index contributed by atoms with van der Waals surface area (Å²) in [5.41, 5.74) is 6.28. The molecule has 1 aromatic carbocycles. The highest BCUT2D eigenvalue weighted by Gasteiger charge is 2.30. The van der Waals surface area contributed by atoms with Crippen LogP contribution in [0.1, 0.15) is 30.6 Å². The second-order valence-corrected chi connectivity index (χ2v) is 4.94. The molecule has 0 aromatic heterocycles. The Bertz CT molecular complexity index is 476. The van der Waals surface area contributed by atoms with Gasteiger partial charge in [-0.25, -0.2) is 0 Å². The van der Waals surface area contributed by atoms with Gasteiger partial charge < -0.3 is 20.5 Å². The Labute approximate surface area is 113 Å². The molecule has 0 radical (unpaired) electrons. The van der Waals surface area contributed by atoms with Crippen LogP contribution in [-0.4, -0.2) is 41.2 Å². The van der Waals surface area contributed by atoms with Crippen molar-refractivity contribution in [2.24, 2.45) is 0 Å². The van der Waals surface area contributed by atoms with E-state index in [0.29, 0.717) is 18.7 Å². The van der Waals surface area contributed by atoms with E-state index in [1.807, 2.05) is 18.7 Å². The standard InChI is InChI=1S/C14H20N2O3/c1-3-11-8-19-9(2)7-16(11)14(18)10-4-5-12(15)13(17)6-10/h4-6,9,11,17H,3,7-8,15H2,1-2H3. The first-order valence-electron chi connectivity index (χ1n) is 6.54. The minimum Gasteiger partial charge on any atom is -0.506 e. The van der Waals surface area contributed by atoms with Crippen molar-refractivity contribution in [1.82, 2.24) is 4.90 Å². The number of phenolic OH excluding ortho intramolecular Hbond substituents is 1. The molecule has 104 valence electrons. The maximum absolute atomic E-state index is 12.5. The van der Waals surface area contributed by atoms with Crippen LogP contribution >= 0.6 is 0 Å². The van der Waals surface area contributed by atoms with Crippen LogP contribution in [0.2, 0.25) is 0 Å². The highest BCUT2D eigenvalue weighted by Crippen LogP contribution is 2.23. The molecule has 2 rings (SSSR count). The van der Waals surface area contributed by atoms with Gasteiger partial charge in [0.2, 0.25) is 0 Å². The predicted molar refractivity (Wildman–Crippen MR) is 73.0 cm³/mol. The van der Waals surface area contributed by atoms with Gasteiger partial charge in [0.15, 0.2) is 0 Å². The summed E-state index contributed by atoms with van der Waals surface area (Å²) in [5, 5.41) is 9.60. The third-order valence-electron chi connectivity index (χ3n) is 3.48. The van der Waals surface area contributed by atoms with Crippen LogP contribution in [0.15, 0.2) is 18.2 Å². The summed E-state index contributed by atoms with van der Waals surface area (Å²) in [7, 11) is 0. The van der Waals surface area contributed by atoms with E-state index < -0.39 is 0 Å². The zero-order chi connectivity index (χ0) is 14.0. The third kappa shape index (κ3) is 2.81. The van der Waals surface area contributed by atoms with Gasteiger partial charge >= 0.3 is 0 Å². The number of anilines is 1. The highest BCUT2D eigenvalue weighted by atomic mass is 16.5. The third-order valence-corrected chi connectivity index (χ3v) is 3.48. The first-order valence-corrected chi connectivity index (χ1v) is 6.54. The molecule has 1 aliphatic heterocycles. The number of aromatic hydroxyl groups is 1. The van der Waals surface area contributed by atoms with E-state index in [1.165, 1.54) is 6.07 Å². The lowest BCUT2D eigenvalue weighted by Crippen LogP contribution is -2.51. The van der Waals surface area contributed by atoms with Crippen LogP contribution < -0.4 is 5.73 Å². The number of ether oxygens (including phenoxy) is 1. The van der Waals surface area contributed by atoms with Gasteiger partial charge in [-0.1, -0.05) is 6.92 Å². The molecule has 0 bridgehead atoms. The van der Waals surface area contributed by atoms with Gasteiger partial charge in [0.05, 0.1) is 24.4 Å². The average molecular weight is 264 g/mol. The van der Waals surface area contributed by atoms with Gasteiger partial charge in [-0.3, -0.25) is 4.79 Å². The van der Waals surface area contributed by atoms with E-state index in [0.717, 1.165) is 6.42 Å². The first-order chi connectivity index (χ1) is 9.02. The quantitative estimate of drug-likeness (QED) is 0.628. The maximum atomic E-state index is 12.5. The molecule has 2 atom stereocenters. The minimum atomic E-state index is -0.0858. The van der Waals surface area contributed by atoms with Crippen molar-refractivity contribution in [2.75, 3.05) is 18.9 Å². The Balaban J connectivity index is 2.23. The monoisotopic (exact) mass is 264 g/mol. The number of phenols is 1. The number of hydrogen-bond acceptors (Lipinski definition) is 4. The number of nitrogens with zero attached hydrogens (tertiary/aromatic N) is 1. The van der Waals surface area contributed by atoms with Crippen LogP contribution in [0.4, 0.5) is 5.69 Å². The molecule has 0 spiro atoms. The molecule has 1 amide bonds. The van der Waals surface area contributed by atoms with Gasteiger partial charge in [0, 0.05) is 12.1 Å². The topological polar surface area (TPSA) is 75.8 Å². The molecule has 0 aliphatic carbocycles. The number of benzene rings is 1. The SMILES string of the molecule is CCC1COC(C)CN1C(=O)c1ccc(N)c(O)c1. The van der Waals surface area contributed by atoms with Crippen molar-refractivity contribution in [3.8, 4) is 5.75 Å². The lowest BCUT2D eigenvalue weighted by atomic mass is 10.1. The van der Waals surface area contributed by atoms with Crippen molar-refractivity contribution in [3.05, 3.63) is 23.8 Å². The zero-order valence-electron chi connectivity index (χ0n) is 11.3. The van der Waals surface area contributed by atoms with Crippen molar-refractivity contribution >= 4 is 11.6 Å². The molecule has 2 unspecified atom stereocenters. The van der Waals surface area contributed by atoms with Crippen molar-refractivity contribution in [3.63, 3.8) is 0 Å². The molecule has 5 nitrogen and oxygen atoms in total. The molecule has 1 heterocycles. The number of amides is 1. The van der Waals surface area contributed by atoms with Crippen molar-refractivity contribution in [1.29, 1.82) is 0 Å². The maximum Gasteiger partial charge on any atom is 0.254 e. The number of carbonyl (C=O) groups is 1. The molecule has 1 aliphatic rings. The van der Waals surface area contributed by atoms with Crippen LogP contribution in [0.25, 0.3) is 0 Å². The normalized spacial score (nSPS) is 23.4. The summed E-state index contributed by atoms with van der Waals surface area (Å²) in [4.78, 5) is 14.3. The first kappa shape index (κ1) is 13.7. The number of carbonyl (C=O) groups excluding carboxylic acids is 1. The molecule has 0 saturated carbocycles. The van der Waals surface area contributed by atoms with Gasteiger partial charge in [-0.15, -0.1) is 0 Å². The van der Waals surface area contributed by atoms with Gasteiger partial charge in [-0.2, -0.15) is 0 Å². The summed E-state index contributed by atoms with van der Waals surface area (Å²) in [6.07, 6.45) is 0.883. The largest absolute Gasteiger partial charge is 0.506 e. The fourth-order valence-corrected chi connectivity index (χ4v) is 2.27. The van der Waals surface area contributed by atoms with E-state index in [-0.39, 0.29) is 29.5 Å². The Kier molecular flexibility index (Phi) is 3.95. The second-order valence-electron chi connectivity index (χ2n) is 4.94. The Morgan fingerprint density at radius 3 is 2.95 bits per heavy atom. The molecule has 3 N–H and O–H groups in total. The number of nitrogen functional groups attached to an aromatic ring is 1. The van der Waals surface area contributed by atoms with Gasteiger partial charge in [0.25, 0.3) is 5.91 Å². The zero-order valence-corrected chi connectivity index (χ0v) is 11.3. The Morgan fingerprint density at radius 1 is 1.58 bits per heavy atom. The molecule has 1 fully saturated rings. The van der Waals surface area contributed by atoms with Crippen LogP contribution in [0, 0.1) is 0 Å². The number of hydrogen-bond donors (Lipinski definition) is 2. The van der Waals surface area contributed by atoms with Crippen LogP contribution in [0.5, 0.6) is 5.75 Å². The molecular weight excluding hydrogens is 244 g/mol. The van der Waals surface area contributed by atoms with Gasteiger partial charge in [0.1, 0.15) is 5.75 Å². The molecular formula is C14H20N2O3. The smallest absolute Gasteiger partial charge is 0.254 e. The summed E-state index contributed by atoms with van der Waals surface area (Å²) in [6, 6.07) is 4.70. The molecule has 19 heavy (non-hydrogen) atoms. The summed E-state index contributed by atoms with van der Waals surface area (Å²) >= 11 is 0. The van der Waals surface area contributed by atoms with E-state index in [4.69, 9.17) is 10.5 Å². The molecule has 5 heteroatoms. The van der Waals surface area contributed by atoms with Crippen LogP contribution in [0.3, 0.4) is 0 Å². The number of nitrogens with two attached hydrogens (primary N) is 1. The predicted octanol–water partition coefficient (Wildman–Crippen LogP) is 1.61. The Morgan fingerprint density at radius 2 is 2.32 bits per heavy atom. The summed E-state index contributed by atoms with van der Waals surface area (Å²) in [5.74, 6) is -0.141. The molecule has 1 aromatic rings. The van der Waals surface area contributed by atoms with E-state index >= 15 is 0 Å². The van der Waals surface area contributed by atoms with Crippen LogP contribution in [-0.2, 0) is 4.74 Å². The molecule has 1 saturated heterocycles. The Hall–Kier alpha value is -1.75. The lowest BCUT2D eigenvalue weighted by molar-refractivity contribution is -0.0444. The highest BCUT2D eigenvalue weighted by molar-refractivity contribution is 5.95. The second kappa shape index (κ2) is 5.48. The summed E-state index contributed by atoms with van der Waals surface area (Å²) < 4.78 is 5.58. The lowest BCUT2D eigenvalue weighted by Gasteiger charge is -2.38. The minimum absolute atomic E-state index is 0.0362. The van der Waals surface area contributed by atoms with Gasteiger partial charge in [-0.05, 0) is 31.5 Å². The van der Waals surface area contributed by atoms with E-state index in [1.54, 1.807) is 12.1 Å². The fourth-order valence-electron chi connectivity index (χ4n) is 2.27. The fraction of sp³-hybridized carbons (Fsp3) is 0.500. The van der Waals surface area contributed by atoms with Crippen molar-refractivity contribution in [2.45, 2.75) is 32.4 Å². The van der Waals surface area contributed by atoms with E-state index in [2.05, 4.69) is 0 Å². The number of morpholine rings is 1. The van der Waals surface area contributed by atoms with Crippen molar-refractivity contribution < 1.29 is 14.6 Å². The van der Waals surface area contributed by atoms with E-state index in [9.17, 15) is 9.90 Å². The number of rotatable bonds is 2. The average Bonchev–Trinajstić information content (AvgIpc) is 2.41.